The average Bonchev–Trinajstić information content (AvgIpc) is 0.733. The first-order chi connectivity index (χ1) is 60.8. The summed E-state index contributed by atoms with van der Waals surface area (Å²) in [5, 5.41) is 2.53. The summed E-state index contributed by atoms with van der Waals surface area (Å²) in [5.41, 5.74) is 13.8. The molecule has 2 N–H and O–H groups in total. The first-order valence-corrected chi connectivity index (χ1v) is 42.8. The molecule has 3 aliphatic rings. The number of para-hydroxylation sites is 3. The number of benzene rings is 9. The van der Waals surface area contributed by atoms with Gasteiger partial charge in [-0.15, -0.1) is 0 Å². The van der Waals surface area contributed by atoms with E-state index in [1.54, 1.807) is 79.9 Å². The van der Waals surface area contributed by atoms with Crippen molar-refractivity contribution in [1.29, 1.82) is 0 Å². The molecule has 648 valence electrons. The number of carbonyl (C=O) groups excluding carboxylic acids is 3. The van der Waals surface area contributed by atoms with Gasteiger partial charge in [0.1, 0.15) is 23.2 Å². The zero-order chi connectivity index (χ0) is 91.6. The SMILES string of the molecule is [C-]#[N+]c1c(N2CCN(C(=O)C=C)C[C@@H]2C)c2cc(Cl)c(-c3c(F)cc(OC)cc3Cl)cc2n(-c2ccccc2C(C)C)c1=O.[C-]#[N+]c1c(N2CCN(C(=O)C=C)C[C@@H]2C)c2cc(Cl)c(-c3c(N)cccc3F)cc2n(-c2ccccc2C(C)C)c1=O.[C-]#[N+]c1c(N2CCN(C(=O)C=C)C[C@@H]2C)c2cc(Cl)c(-c3ccccc3F)cc2n(-c2ccccc2C(C)C)c1=O. The number of rotatable bonds is 16. The fraction of sp³-hybridized carbons (Fsp3) is 0.250. The number of pyridine rings is 3. The van der Waals surface area contributed by atoms with Gasteiger partial charge in [-0.2, -0.15) is 0 Å². The predicted octanol–water partition coefficient (Wildman–Crippen LogP) is 22.3. The molecule has 12 aromatic rings. The molecule has 0 unspecified atom stereocenters. The number of ether oxygens (including phenoxy) is 1. The highest BCUT2D eigenvalue weighted by atomic mass is 35.5. The molecule has 127 heavy (non-hydrogen) atoms. The second-order valence-electron chi connectivity index (χ2n) is 32.3. The van der Waals surface area contributed by atoms with Crippen LogP contribution in [0.3, 0.4) is 0 Å². The minimum Gasteiger partial charge on any atom is -0.497 e. The maximum Gasteiger partial charge on any atom is 0.274 e. The van der Waals surface area contributed by atoms with Crippen molar-refractivity contribution in [3.63, 3.8) is 0 Å². The first-order valence-electron chi connectivity index (χ1n) is 41.3. The van der Waals surface area contributed by atoms with Gasteiger partial charge in [0.05, 0.1) is 82.5 Å². The zero-order valence-corrected chi connectivity index (χ0v) is 74.7. The number of nitrogens with zero attached hydrogens (tertiary/aromatic N) is 12. The Kier molecular flexibility index (Phi) is 27.5. The fourth-order valence-corrected chi connectivity index (χ4v) is 18.5. The van der Waals surface area contributed by atoms with Crippen molar-refractivity contribution in [3.05, 3.63) is 321 Å². The van der Waals surface area contributed by atoms with E-state index in [0.29, 0.717) is 147 Å². The van der Waals surface area contributed by atoms with E-state index in [-0.39, 0.29) is 114 Å². The Morgan fingerprint density at radius 2 is 0.756 bits per heavy atom. The Morgan fingerprint density at radius 1 is 0.425 bits per heavy atom. The number of aromatic nitrogens is 3. The van der Waals surface area contributed by atoms with Crippen LogP contribution in [-0.4, -0.2) is 130 Å². The molecule has 6 heterocycles. The molecule has 20 nitrogen and oxygen atoms in total. The molecular weight excluding hydrogens is 1690 g/mol. The van der Waals surface area contributed by atoms with Crippen molar-refractivity contribution >= 4 is 137 Å². The lowest BCUT2D eigenvalue weighted by molar-refractivity contribution is -0.127. The van der Waals surface area contributed by atoms with Crippen LogP contribution in [0.5, 0.6) is 5.75 Å². The van der Waals surface area contributed by atoms with E-state index < -0.39 is 34.1 Å². The van der Waals surface area contributed by atoms with Crippen LogP contribution in [0, 0.1) is 37.2 Å². The molecule has 0 bridgehead atoms. The van der Waals surface area contributed by atoms with Crippen molar-refractivity contribution in [2.75, 3.05) is 86.4 Å². The highest BCUT2D eigenvalue weighted by molar-refractivity contribution is 6.38. The number of hydrogen-bond acceptors (Lipinski definition) is 11. The van der Waals surface area contributed by atoms with Crippen molar-refractivity contribution in [1.82, 2.24) is 28.4 Å². The van der Waals surface area contributed by atoms with Crippen molar-refractivity contribution in [2.24, 2.45) is 0 Å². The number of halogens is 7. The molecule has 9 aromatic carbocycles. The number of anilines is 4. The van der Waals surface area contributed by atoms with Crippen LogP contribution in [-0.2, 0) is 14.4 Å². The van der Waals surface area contributed by atoms with Gasteiger partial charge in [0.15, 0.2) is 0 Å². The van der Waals surface area contributed by atoms with Gasteiger partial charge in [-0.3, -0.25) is 42.5 Å². The van der Waals surface area contributed by atoms with Gasteiger partial charge in [0, 0.05) is 153 Å². The molecule has 3 saturated heterocycles. The van der Waals surface area contributed by atoms with Crippen molar-refractivity contribution in [2.45, 2.75) is 98.2 Å². The van der Waals surface area contributed by atoms with E-state index >= 15 is 8.78 Å². The maximum absolute atomic E-state index is 15.5. The van der Waals surface area contributed by atoms with Gasteiger partial charge in [0.25, 0.3) is 33.7 Å². The van der Waals surface area contributed by atoms with Gasteiger partial charge in [-0.05, 0) is 152 Å². The molecule has 15 rings (SSSR count). The predicted molar refractivity (Wildman–Crippen MR) is 508 cm³/mol. The highest BCUT2D eigenvalue weighted by Gasteiger charge is 2.37. The Morgan fingerprint density at radius 3 is 1.08 bits per heavy atom. The lowest BCUT2D eigenvalue weighted by atomic mass is 9.97. The number of fused-ring (bicyclic) bond motifs is 3. The molecule has 3 atom stereocenters. The highest BCUT2D eigenvalue weighted by Crippen LogP contribution is 2.49. The summed E-state index contributed by atoms with van der Waals surface area (Å²) < 4.78 is 55.5. The number of hydrogen-bond donors (Lipinski definition) is 1. The standard InChI is InChI=1S/C34H31Cl2FN4O3.C33H31ClFN5O2.C33H30ClFN4O2/c1-7-30(42)39-12-13-40(20(4)18-39)33-24-16-25(35)23(31-26(36)14-21(44-6)15-27(31)37)17-29(24)41(34(43)32(33)38-5)28-11-9-8-10-22(28)19(2)3;1-6-29(41)38-14-15-39(20(4)18-38)32-23-16-24(34)22(30-25(35)11-9-12-26(30)36)17-28(23)40(33(42)31(32)37-5)27-13-8-7-10-21(27)19(2)3;1-6-30(40)37-15-16-38(21(4)19-37)32-25-17-26(34)24(23-12-7-9-13-27(23)35)18-29(25)39(33(41)31(32)36-5)28-14-10-8-11-22(28)20(2)3/h7-11,14-17,19-20H,1,12-13,18H2,2-4,6H3;6-13,16-17,19-20H,1,14-15,18,36H2,2-4H3;6-14,17-18,20-21H,1,15-16,19H2,2-4H3/t2*20-;21-/m000/s1. The summed E-state index contributed by atoms with van der Waals surface area (Å²) in [6.07, 6.45) is 3.85. The second-order valence-corrected chi connectivity index (χ2v) is 33.9. The van der Waals surface area contributed by atoms with Gasteiger partial charge in [0.2, 0.25) is 17.7 Å². The van der Waals surface area contributed by atoms with Gasteiger partial charge < -0.3 is 39.9 Å². The lowest BCUT2D eigenvalue weighted by Crippen LogP contribution is -2.53. The third kappa shape index (κ3) is 17.4. The van der Waals surface area contributed by atoms with Crippen LogP contribution < -0.4 is 41.8 Å². The van der Waals surface area contributed by atoms with Crippen molar-refractivity contribution in [3.8, 4) is 56.2 Å². The van der Waals surface area contributed by atoms with E-state index in [9.17, 15) is 33.2 Å². The Labute approximate surface area is 754 Å². The maximum atomic E-state index is 15.5. The van der Waals surface area contributed by atoms with Crippen LogP contribution >= 0.6 is 46.4 Å². The van der Waals surface area contributed by atoms with Gasteiger partial charge in [-0.25, -0.2) is 27.7 Å². The Bertz CT molecular complexity index is 6780. The van der Waals surface area contributed by atoms with Crippen LogP contribution in [0.1, 0.15) is 96.8 Å². The summed E-state index contributed by atoms with van der Waals surface area (Å²) in [5.74, 6) is -1.65. The third-order valence-corrected chi connectivity index (χ3v) is 24.8. The Balaban J connectivity index is 0.000000163. The monoisotopic (exact) mass is 1780 g/mol. The molecule has 3 amide bonds. The quantitative estimate of drug-likeness (QED) is 0.0551. The van der Waals surface area contributed by atoms with Gasteiger partial charge in [-0.1, -0.05) is 187 Å². The minimum atomic E-state index is -0.637. The van der Waals surface area contributed by atoms with Crippen LogP contribution in [0.15, 0.2) is 216 Å². The molecule has 0 aliphatic carbocycles. The molecular formula is C100H92Cl4F3N13O7. The van der Waals surface area contributed by atoms with E-state index in [0.717, 1.165) is 16.7 Å². The normalized spacial score (nSPS) is 15.2. The van der Waals surface area contributed by atoms with Crippen LogP contribution in [0.25, 0.3) is 97.7 Å². The fourth-order valence-electron chi connectivity index (χ4n) is 17.4. The smallest absolute Gasteiger partial charge is 0.274 e. The number of nitrogen functional groups attached to an aromatic ring is 1. The first kappa shape index (κ1) is 91.4. The number of nitrogens with two attached hydrogens (primary N) is 1. The van der Waals surface area contributed by atoms with E-state index in [1.807, 2.05) is 150 Å². The van der Waals surface area contributed by atoms with E-state index in [2.05, 4.69) is 34.3 Å². The molecule has 3 aromatic heterocycles. The van der Waals surface area contributed by atoms with E-state index in [1.165, 1.54) is 64.8 Å². The Hall–Kier alpha value is -13.3. The molecule has 27 heteroatoms. The number of amides is 3. The van der Waals surface area contributed by atoms with Crippen molar-refractivity contribution < 1.29 is 32.3 Å². The van der Waals surface area contributed by atoms with E-state index in [4.69, 9.17) is 76.6 Å². The number of carbonyl (C=O) groups is 3. The molecule has 0 saturated carbocycles. The molecule has 3 fully saturated rings. The molecule has 3 aliphatic heterocycles. The largest absolute Gasteiger partial charge is 0.497 e. The summed E-state index contributed by atoms with van der Waals surface area (Å²) in [4.78, 5) is 102. The summed E-state index contributed by atoms with van der Waals surface area (Å²) in [6.45, 7) is 56.7. The topological polar surface area (TPSA) is 185 Å². The van der Waals surface area contributed by atoms with Crippen LogP contribution in [0.2, 0.25) is 20.1 Å². The number of methoxy groups -OCH3 is 1. The third-order valence-electron chi connectivity index (χ3n) is 23.6. The minimum absolute atomic E-state index is 0.0267. The van der Waals surface area contributed by atoms with Gasteiger partial charge >= 0.3 is 0 Å². The molecule has 0 spiro atoms. The average molecular weight is 1790 g/mol. The summed E-state index contributed by atoms with van der Waals surface area (Å²) >= 11 is 27.2. The molecule has 0 radical (unpaired) electrons. The number of piperazine rings is 3. The lowest BCUT2D eigenvalue weighted by Gasteiger charge is -2.42. The summed E-state index contributed by atoms with van der Waals surface area (Å²) in [7, 11) is 1.42. The zero-order valence-electron chi connectivity index (χ0n) is 71.7. The van der Waals surface area contributed by atoms with Crippen LogP contribution in [0.4, 0.5) is 53.0 Å². The second kappa shape index (κ2) is 38.2. The summed E-state index contributed by atoms with van der Waals surface area (Å²) in [6, 6.07) is 45.7.